The lowest BCUT2D eigenvalue weighted by Crippen LogP contribution is -2.47. The summed E-state index contributed by atoms with van der Waals surface area (Å²) >= 11 is 0. The largest absolute Gasteiger partial charge is 0.466 e. The predicted octanol–water partition coefficient (Wildman–Crippen LogP) is 0.573. The molecule has 17 heavy (non-hydrogen) atoms. The number of carbonyl (C=O) groups is 2. The first-order valence-electron chi connectivity index (χ1n) is 6.20. The van der Waals surface area contributed by atoms with Gasteiger partial charge in [-0.15, -0.1) is 0 Å². The van der Waals surface area contributed by atoms with Crippen molar-refractivity contribution < 1.29 is 14.3 Å². The molecular weight excluding hydrogens is 220 g/mol. The van der Waals surface area contributed by atoms with Crippen molar-refractivity contribution in [3.63, 3.8) is 0 Å². The van der Waals surface area contributed by atoms with Crippen LogP contribution in [0.15, 0.2) is 0 Å². The Kier molecular flexibility index (Phi) is 4.93. The lowest BCUT2D eigenvalue weighted by atomic mass is 9.84. The van der Waals surface area contributed by atoms with E-state index in [4.69, 9.17) is 10.5 Å². The Hall–Kier alpha value is -1.10. The second-order valence-corrected chi connectivity index (χ2v) is 4.73. The zero-order chi connectivity index (χ0) is 12.9. The average molecular weight is 242 g/mol. The lowest BCUT2D eigenvalue weighted by Gasteiger charge is -2.27. The number of nitrogens with two attached hydrogens (primary N) is 1. The summed E-state index contributed by atoms with van der Waals surface area (Å²) in [6, 6.07) is -0.0786. The summed E-state index contributed by atoms with van der Waals surface area (Å²) in [7, 11) is 0. The van der Waals surface area contributed by atoms with Crippen LogP contribution < -0.4 is 11.1 Å². The Morgan fingerprint density at radius 3 is 2.76 bits per heavy atom. The fraction of sp³-hybridized carbons (Fsp3) is 0.833. The van der Waals surface area contributed by atoms with Crippen LogP contribution in [0.1, 0.15) is 39.5 Å². The maximum Gasteiger partial charge on any atom is 0.307 e. The van der Waals surface area contributed by atoms with Gasteiger partial charge in [-0.25, -0.2) is 0 Å². The van der Waals surface area contributed by atoms with Crippen LogP contribution in [0.2, 0.25) is 0 Å². The normalized spacial score (nSPS) is 27.8. The van der Waals surface area contributed by atoms with E-state index in [1.54, 1.807) is 6.92 Å². The highest BCUT2D eigenvalue weighted by atomic mass is 16.5. The van der Waals surface area contributed by atoms with E-state index in [0.717, 1.165) is 19.3 Å². The van der Waals surface area contributed by atoms with Gasteiger partial charge in [0.2, 0.25) is 5.91 Å². The third-order valence-electron chi connectivity index (χ3n) is 3.47. The summed E-state index contributed by atoms with van der Waals surface area (Å²) in [5.41, 5.74) is 5.46. The van der Waals surface area contributed by atoms with E-state index < -0.39 is 5.41 Å². The zero-order valence-electron chi connectivity index (χ0n) is 10.6. The Bertz CT molecular complexity index is 293. The van der Waals surface area contributed by atoms with E-state index in [1.807, 2.05) is 6.92 Å². The van der Waals surface area contributed by atoms with Crippen molar-refractivity contribution in [2.45, 2.75) is 45.6 Å². The molecule has 1 aliphatic rings. The van der Waals surface area contributed by atoms with Crippen LogP contribution in [0.25, 0.3) is 0 Å². The first kappa shape index (κ1) is 14.0. The first-order valence-corrected chi connectivity index (χ1v) is 6.20. The molecule has 1 aliphatic carbocycles. The Balaban J connectivity index is 2.32. The standard InChI is InChI=1S/C12H22N2O3/c1-3-17-10(15)6-8-14-11(16)12(2)7-4-5-9(12)13/h9H,3-8,13H2,1-2H3,(H,14,16). The molecule has 0 saturated heterocycles. The van der Waals surface area contributed by atoms with Gasteiger partial charge in [0, 0.05) is 12.6 Å². The van der Waals surface area contributed by atoms with Gasteiger partial charge < -0.3 is 15.8 Å². The molecule has 98 valence electrons. The minimum absolute atomic E-state index is 0.0493. The van der Waals surface area contributed by atoms with Crippen LogP contribution in [0.4, 0.5) is 0 Å². The molecule has 0 aliphatic heterocycles. The van der Waals surface area contributed by atoms with Gasteiger partial charge in [0.05, 0.1) is 18.4 Å². The monoisotopic (exact) mass is 242 g/mol. The van der Waals surface area contributed by atoms with Gasteiger partial charge in [-0.1, -0.05) is 6.42 Å². The highest BCUT2D eigenvalue weighted by molar-refractivity contribution is 5.83. The fourth-order valence-corrected chi connectivity index (χ4v) is 2.19. The molecule has 2 atom stereocenters. The van der Waals surface area contributed by atoms with E-state index in [1.165, 1.54) is 0 Å². The average Bonchev–Trinajstić information content (AvgIpc) is 2.61. The van der Waals surface area contributed by atoms with Gasteiger partial charge in [-0.05, 0) is 26.7 Å². The molecule has 1 amide bonds. The van der Waals surface area contributed by atoms with Crippen molar-refractivity contribution in [2.75, 3.05) is 13.2 Å². The molecular formula is C12H22N2O3. The van der Waals surface area contributed by atoms with Crippen LogP contribution in [0.3, 0.4) is 0 Å². The maximum absolute atomic E-state index is 12.0. The van der Waals surface area contributed by atoms with Crippen molar-refractivity contribution >= 4 is 11.9 Å². The summed E-state index contributed by atoms with van der Waals surface area (Å²) in [5, 5.41) is 2.77. The smallest absolute Gasteiger partial charge is 0.307 e. The molecule has 5 nitrogen and oxygen atoms in total. The Morgan fingerprint density at radius 1 is 1.53 bits per heavy atom. The fourth-order valence-electron chi connectivity index (χ4n) is 2.19. The predicted molar refractivity (Wildman–Crippen MR) is 64.2 cm³/mol. The van der Waals surface area contributed by atoms with Crippen molar-refractivity contribution in [1.29, 1.82) is 0 Å². The Labute approximate surface area is 102 Å². The van der Waals surface area contributed by atoms with E-state index in [9.17, 15) is 9.59 Å². The lowest BCUT2D eigenvalue weighted by molar-refractivity contribution is -0.143. The van der Waals surface area contributed by atoms with Gasteiger partial charge in [-0.2, -0.15) is 0 Å². The number of nitrogens with one attached hydrogen (secondary N) is 1. The van der Waals surface area contributed by atoms with E-state index >= 15 is 0 Å². The van der Waals surface area contributed by atoms with Crippen molar-refractivity contribution in [2.24, 2.45) is 11.1 Å². The highest BCUT2D eigenvalue weighted by Gasteiger charge is 2.42. The summed E-state index contributed by atoms with van der Waals surface area (Å²) < 4.78 is 4.78. The second kappa shape index (κ2) is 6.00. The third-order valence-corrected chi connectivity index (χ3v) is 3.47. The molecule has 3 N–H and O–H groups in total. The number of carbonyl (C=O) groups excluding carboxylic acids is 2. The molecule has 2 unspecified atom stereocenters. The van der Waals surface area contributed by atoms with Gasteiger partial charge in [-0.3, -0.25) is 9.59 Å². The summed E-state index contributed by atoms with van der Waals surface area (Å²) in [6.45, 7) is 4.34. The first-order chi connectivity index (χ1) is 8.00. The molecule has 0 aromatic carbocycles. The SMILES string of the molecule is CCOC(=O)CCNC(=O)C1(C)CCCC1N. The molecule has 0 spiro atoms. The van der Waals surface area contributed by atoms with Crippen LogP contribution in [0, 0.1) is 5.41 Å². The van der Waals surface area contributed by atoms with Crippen LogP contribution in [-0.4, -0.2) is 31.1 Å². The van der Waals surface area contributed by atoms with Gasteiger partial charge in [0.15, 0.2) is 0 Å². The van der Waals surface area contributed by atoms with Gasteiger partial charge in [0.1, 0.15) is 0 Å². The van der Waals surface area contributed by atoms with Gasteiger partial charge in [0.25, 0.3) is 0 Å². The molecule has 0 aromatic heterocycles. The molecule has 5 heteroatoms. The topological polar surface area (TPSA) is 81.4 Å². The number of ether oxygens (including phenoxy) is 1. The second-order valence-electron chi connectivity index (χ2n) is 4.73. The number of hydrogen-bond acceptors (Lipinski definition) is 4. The summed E-state index contributed by atoms with van der Waals surface area (Å²) in [4.78, 5) is 23.1. The zero-order valence-corrected chi connectivity index (χ0v) is 10.6. The highest BCUT2D eigenvalue weighted by Crippen LogP contribution is 2.36. The number of hydrogen-bond donors (Lipinski definition) is 2. The van der Waals surface area contributed by atoms with Gasteiger partial charge >= 0.3 is 5.97 Å². The molecule has 1 saturated carbocycles. The molecule has 0 aromatic rings. The molecule has 1 fully saturated rings. The van der Waals surface area contributed by atoms with Crippen molar-refractivity contribution in [1.82, 2.24) is 5.32 Å². The van der Waals surface area contributed by atoms with Crippen LogP contribution >= 0.6 is 0 Å². The Morgan fingerprint density at radius 2 is 2.24 bits per heavy atom. The van der Waals surface area contributed by atoms with Crippen LogP contribution in [-0.2, 0) is 14.3 Å². The van der Waals surface area contributed by atoms with Crippen molar-refractivity contribution in [3.8, 4) is 0 Å². The number of esters is 1. The minimum Gasteiger partial charge on any atom is -0.466 e. The summed E-state index contributed by atoms with van der Waals surface area (Å²) in [6.07, 6.45) is 2.91. The number of amides is 1. The van der Waals surface area contributed by atoms with Crippen LogP contribution in [0.5, 0.6) is 0 Å². The molecule has 0 radical (unpaired) electrons. The maximum atomic E-state index is 12.0. The van der Waals surface area contributed by atoms with E-state index in [2.05, 4.69) is 5.32 Å². The minimum atomic E-state index is -0.478. The molecule has 0 bridgehead atoms. The molecule has 0 heterocycles. The van der Waals surface area contributed by atoms with E-state index in [0.29, 0.717) is 13.2 Å². The van der Waals surface area contributed by atoms with E-state index in [-0.39, 0.29) is 24.3 Å². The number of rotatable bonds is 5. The van der Waals surface area contributed by atoms with Crippen molar-refractivity contribution in [3.05, 3.63) is 0 Å². The molecule has 1 rings (SSSR count). The quantitative estimate of drug-likeness (QED) is 0.691. The third kappa shape index (κ3) is 3.43. The summed E-state index contributed by atoms with van der Waals surface area (Å²) in [5.74, 6) is -0.333.